The number of hydrogen-bond donors (Lipinski definition) is 1. The molecule has 0 aliphatic heterocycles. The van der Waals surface area contributed by atoms with E-state index in [-0.39, 0.29) is 5.56 Å². The summed E-state index contributed by atoms with van der Waals surface area (Å²) in [6, 6.07) is 5.11. The second-order valence-corrected chi connectivity index (χ2v) is 4.40. The van der Waals surface area contributed by atoms with Gasteiger partial charge in [0.05, 0.1) is 7.11 Å². The number of nitrogens with two attached hydrogens (primary N) is 1. The second-order valence-electron chi connectivity index (χ2n) is 3.52. The summed E-state index contributed by atoms with van der Waals surface area (Å²) in [6.07, 6.45) is 0.949. The predicted molar refractivity (Wildman–Crippen MR) is 68.8 cm³/mol. The van der Waals surface area contributed by atoms with Gasteiger partial charge in [0.1, 0.15) is 11.3 Å². The first-order valence-corrected chi connectivity index (χ1v) is 6.44. The average molecular weight is 269 g/mol. The molecule has 0 bridgehead atoms. The Kier molecular flexibility index (Phi) is 5.03. The molecule has 0 heterocycles. The third kappa shape index (κ3) is 3.40. The Bertz CT molecular complexity index is 461. The molecule has 2 N–H and O–H groups in total. The smallest absolute Gasteiger partial charge is 0.342 e. The van der Waals surface area contributed by atoms with Crippen LogP contribution >= 0.6 is 11.8 Å². The Morgan fingerprint density at radius 1 is 1.39 bits per heavy atom. The number of thioether (sulfide) groups is 1. The second kappa shape index (κ2) is 6.30. The van der Waals surface area contributed by atoms with Crippen LogP contribution in [0, 0.1) is 0 Å². The van der Waals surface area contributed by atoms with Crippen molar-refractivity contribution >= 4 is 23.6 Å². The van der Waals surface area contributed by atoms with Crippen LogP contribution in [0.4, 0.5) is 0 Å². The van der Waals surface area contributed by atoms with E-state index in [0.29, 0.717) is 5.75 Å². The molecule has 0 radical (unpaired) electrons. The molecule has 1 aromatic carbocycles. The SMILES string of the molecule is COc1cc(SC)ccc1C(=O)OC(C)C(N)=O. The van der Waals surface area contributed by atoms with Crippen molar-refractivity contribution in [1.82, 2.24) is 0 Å². The molecule has 0 spiro atoms. The van der Waals surface area contributed by atoms with Crippen LogP contribution < -0.4 is 10.5 Å². The zero-order valence-electron chi connectivity index (χ0n) is 10.4. The largest absolute Gasteiger partial charge is 0.496 e. The van der Waals surface area contributed by atoms with E-state index in [2.05, 4.69) is 0 Å². The number of amides is 1. The van der Waals surface area contributed by atoms with Gasteiger partial charge in [0.25, 0.3) is 5.91 Å². The summed E-state index contributed by atoms with van der Waals surface area (Å²) in [5.41, 5.74) is 5.29. The Morgan fingerprint density at radius 3 is 2.56 bits per heavy atom. The van der Waals surface area contributed by atoms with Crippen molar-refractivity contribution in [3.05, 3.63) is 23.8 Å². The Morgan fingerprint density at radius 2 is 2.06 bits per heavy atom. The van der Waals surface area contributed by atoms with Crippen molar-refractivity contribution in [2.45, 2.75) is 17.9 Å². The van der Waals surface area contributed by atoms with Crippen molar-refractivity contribution < 1.29 is 19.1 Å². The molecule has 6 heteroatoms. The van der Waals surface area contributed by atoms with Crippen LogP contribution in [-0.4, -0.2) is 31.3 Å². The van der Waals surface area contributed by atoms with Gasteiger partial charge in [-0.1, -0.05) is 0 Å². The molecule has 18 heavy (non-hydrogen) atoms. The van der Waals surface area contributed by atoms with Crippen molar-refractivity contribution in [2.24, 2.45) is 5.73 Å². The fraction of sp³-hybridized carbons (Fsp3) is 0.333. The van der Waals surface area contributed by atoms with E-state index in [4.69, 9.17) is 15.2 Å². The van der Waals surface area contributed by atoms with Gasteiger partial charge in [-0.25, -0.2) is 4.79 Å². The number of ether oxygens (including phenoxy) is 2. The molecule has 0 aliphatic carbocycles. The molecular weight excluding hydrogens is 254 g/mol. The fourth-order valence-corrected chi connectivity index (χ4v) is 1.68. The fourth-order valence-electron chi connectivity index (χ4n) is 1.25. The lowest BCUT2D eigenvalue weighted by atomic mass is 10.2. The molecule has 5 nitrogen and oxygen atoms in total. The van der Waals surface area contributed by atoms with E-state index in [9.17, 15) is 9.59 Å². The van der Waals surface area contributed by atoms with Crippen LogP contribution in [0.3, 0.4) is 0 Å². The lowest BCUT2D eigenvalue weighted by Gasteiger charge is -2.12. The number of hydrogen-bond acceptors (Lipinski definition) is 5. The highest BCUT2D eigenvalue weighted by Crippen LogP contribution is 2.26. The number of primary amides is 1. The molecular formula is C12H15NO4S. The van der Waals surface area contributed by atoms with Gasteiger partial charge in [-0.05, 0) is 31.4 Å². The van der Waals surface area contributed by atoms with Crippen LogP contribution in [0.1, 0.15) is 17.3 Å². The summed E-state index contributed by atoms with van der Waals surface area (Å²) < 4.78 is 10.0. The van der Waals surface area contributed by atoms with Gasteiger partial charge in [-0.15, -0.1) is 11.8 Å². The van der Waals surface area contributed by atoms with E-state index >= 15 is 0 Å². The number of methoxy groups -OCH3 is 1. The molecule has 1 atom stereocenters. The minimum atomic E-state index is -0.970. The predicted octanol–water partition coefficient (Wildman–Crippen LogP) is 1.45. The summed E-state index contributed by atoms with van der Waals surface area (Å²) in [5, 5.41) is 0. The molecule has 98 valence electrons. The highest BCUT2D eigenvalue weighted by atomic mass is 32.2. The highest BCUT2D eigenvalue weighted by molar-refractivity contribution is 7.98. The highest BCUT2D eigenvalue weighted by Gasteiger charge is 2.19. The lowest BCUT2D eigenvalue weighted by Crippen LogP contribution is -2.30. The molecule has 1 amide bonds. The maximum Gasteiger partial charge on any atom is 0.342 e. The standard InChI is InChI=1S/C12H15NO4S/c1-7(11(13)14)17-12(15)9-5-4-8(18-3)6-10(9)16-2/h4-7H,1-3H3,(H2,13,14). The number of rotatable bonds is 5. The summed E-state index contributed by atoms with van der Waals surface area (Å²) >= 11 is 1.53. The Labute approximate surface area is 110 Å². The Hall–Kier alpha value is -1.69. The zero-order chi connectivity index (χ0) is 13.7. The van der Waals surface area contributed by atoms with Gasteiger partial charge >= 0.3 is 5.97 Å². The van der Waals surface area contributed by atoms with Crippen LogP contribution in [-0.2, 0) is 9.53 Å². The summed E-state index contributed by atoms with van der Waals surface area (Å²) in [5.74, 6) is -0.919. The number of carbonyl (C=O) groups is 2. The van der Waals surface area contributed by atoms with Crippen molar-refractivity contribution in [3.63, 3.8) is 0 Å². The minimum Gasteiger partial charge on any atom is -0.496 e. The van der Waals surface area contributed by atoms with E-state index < -0.39 is 18.0 Å². The third-order valence-electron chi connectivity index (χ3n) is 2.31. The number of esters is 1. The molecule has 0 aromatic heterocycles. The summed E-state index contributed by atoms with van der Waals surface area (Å²) in [6.45, 7) is 1.42. The van der Waals surface area contributed by atoms with Gasteiger partial charge < -0.3 is 15.2 Å². The summed E-state index contributed by atoms with van der Waals surface area (Å²) in [7, 11) is 1.47. The third-order valence-corrected chi connectivity index (χ3v) is 3.04. The molecule has 1 unspecified atom stereocenters. The van der Waals surface area contributed by atoms with Gasteiger partial charge in [-0.3, -0.25) is 4.79 Å². The zero-order valence-corrected chi connectivity index (χ0v) is 11.2. The van der Waals surface area contributed by atoms with E-state index in [0.717, 1.165) is 4.90 Å². The van der Waals surface area contributed by atoms with Crippen LogP contribution in [0.25, 0.3) is 0 Å². The van der Waals surface area contributed by atoms with Crippen molar-refractivity contribution in [2.75, 3.05) is 13.4 Å². The van der Waals surface area contributed by atoms with E-state index in [1.807, 2.05) is 6.26 Å². The maximum absolute atomic E-state index is 11.8. The molecule has 0 aliphatic rings. The van der Waals surface area contributed by atoms with Gasteiger partial charge in [0, 0.05) is 4.90 Å². The molecule has 1 aromatic rings. The first-order valence-electron chi connectivity index (χ1n) is 5.22. The van der Waals surface area contributed by atoms with Crippen molar-refractivity contribution in [3.8, 4) is 5.75 Å². The van der Waals surface area contributed by atoms with Gasteiger partial charge in [-0.2, -0.15) is 0 Å². The number of benzene rings is 1. The molecule has 0 saturated carbocycles. The topological polar surface area (TPSA) is 78.6 Å². The summed E-state index contributed by atoms with van der Waals surface area (Å²) in [4.78, 5) is 23.6. The quantitative estimate of drug-likeness (QED) is 0.646. The molecule has 0 fully saturated rings. The van der Waals surface area contributed by atoms with Crippen LogP contribution in [0.2, 0.25) is 0 Å². The van der Waals surface area contributed by atoms with Crippen molar-refractivity contribution in [1.29, 1.82) is 0 Å². The monoisotopic (exact) mass is 269 g/mol. The average Bonchev–Trinajstić information content (AvgIpc) is 2.37. The maximum atomic E-state index is 11.8. The van der Waals surface area contributed by atoms with Crippen LogP contribution in [0.5, 0.6) is 5.75 Å². The Balaban J connectivity index is 2.95. The van der Waals surface area contributed by atoms with Crippen LogP contribution in [0.15, 0.2) is 23.1 Å². The van der Waals surface area contributed by atoms with E-state index in [1.54, 1.807) is 18.2 Å². The normalized spacial score (nSPS) is 11.7. The molecule has 1 rings (SSSR count). The minimum absolute atomic E-state index is 0.267. The first kappa shape index (κ1) is 14.4. The number of carbonyl (C=O) groups excluding carboxylic acids is 2. The lowest BCUT2D eigenvalue weighted by molar-refractivity contribution is -0.125. The van der Waals surface area contributed by atoms with Gasteiger partial charge in [0.15, 0.2) is 6.10 Å². The van der Waals surface area contributed by atoms with Gasteiger partial charge in [0.2, 0.25) is 0 Å². The molecule has 0 saturated heterocycles. The van der Waals surface area contributed by atoms with E-state index in [1.165, 1.54) is 25.8 Å². The first-order chi connectivity index (χ1) is 8.49.